The molecule has 1 aromatic heterocycles. The molecular formula is C17H22ClFN2. The van der Waals surface area contributed by atoms with Crippen molar-refractivity contribution < 1.29 is 4.39 Å². The smallest absolute Gasteiger partial charge is 0.123 e. The summed E-state index contributed by atoms with van der Waals surface area (Å²) in [4.78, 5) is 0. The maximum absolute atomic E-state index is 13.2. The molecular weight excluding hydrogens is 287 g/mol. The van der Waals surface area contributed by atoms with Gasteiger partial charge in [0.05, 0.1) is 17.6 Å². The predicted molar refractivity (Wildman–Crippen MR) is 85.5 cm³/mol. The van der Waals surface area contributed by atoms with E-state index in [1.165, 1.54) is 11.8 Å². The second kappa shape index (κ2) is 6.61. The van der Waals surface area contributed by atoms with Gasteiger partial charge in [-0.05, 0) is 49.9 Å². The van der Waals surface area contributed by atoms with Gasteiger partial charge in [-0.3, -0.25) is 4.68 Å². The number of nitrogens with zero attached hydrogens (tertiary/aromatic N) is 2. The monoisotopic (exact) mass is 308 g/mol. The molecule has 1 aromatic carbocycles. The first kappa shape index (κ1) is 16.0. The van der Waals surface area contributed by atoms with Crippen LogP contribution in [0.25, 0.3) is 0 Å². The molecule has 0 spiro atoms. The van der Waals surface area contributed by atoms with Gasteiger partial charge < -0.3 is 0 Å². The summed E-state index contributed by atoms with van der Waals surface area (Å²) in [5.41, 5.74) is 5.43. The van der Waals surface area contributed by atoms with E-state index in [1.54, 1.807) is 6.07 Å². The van der Waals surface area contributed by atoms with E-state index in [4.69, 9.17) is 16.7 Å². The predicted octanol–water partition coefficient (Wildman–Crippen LogP) is 4.80. The van der Waals surface area contributed by atoms with Gasteiger partial charge in [0.1, 0.15) is 5.82 Å². The van der Waals surface area contributed by atoms with Crippen molar-refractivity contribution in [1.29, 1.82) is 0 Å². The Morgan fingerprint density at radius 2 is 2.00 bits per heavy atom. The highest BCUT2D eigenvalue weighted by Gasteiger charge is 2.19. The van der Waals surface area contributed by atoms with E-state index in [9.17, 15) is 4.39 Å². The highest BCUT2D eigenvalue weighted by molar-refractivity contribution is 6.20. The van der Waals surface area contributed by atoms with Gasteiger partial charge in [-0.2, -0.15) is 5.10 Å². The largest absolute Gasteiger partial charge is 0.265 e. The fourth-order valence-electron chi connectivity index (χ4n) is 2.79. The Morgan fingerprint density at radius 3 is 2.52 bits per heavy atom. The fourth-order valence-corrected chi connectivity index (χ4v) is 3.04. The Morgan fingerprint density at radius 1 is 1.29 bits per heavy atom. The van der Waals surface area contributed by atoms with Gasteiger partial charge in [-0.15, -0.1) is 11.6 Å². The number of benzene rings is 1. The molecule has 0 saturated heterocycles. The molecule has 1 heterocycles. The second-order valence-corrected chi connectivity index (χ2v) is 6.01. The van der Waals surface area contributed by atoms with Crippen molar-refractivity contribution in [3.63, 3.8) is 0 Å². The van der Waals surface area contributed by atoms with E-state index in [2.05, 4.69) is 13.8 Å². The zero-order chi connectivity index (χ0) is 15.6. The summed E-state index contributed by atoms with van der Waals surface area (Å²) in [6, 6.07) is 4.90. The Bertz CT molecular complexity index is 632. The minimum Gasteiger partial charge on any atom is -0.265 e. The maximum atomic E-state index is 13.2. The van der Waals surface area contributed by atoms with E-state index in [-0.39, 0.29) is 11.2 Å². The molecule has 114 valence electrons. The van der Waals surface area contributed by atoms with Crippen LogP contribution in [0.4, 0.5) is 4.39 Å². The van der Waals surface area contributed by atoms with Crippen molar-refractivity contribution in [3.8, 4) is 0 Å². The highest BCUT2D eigenvalue weighted by atomic mass is 35.5. The van der Waals surface area contributed by atoms with E-state index >= 15 is 0 Å². The standard InChI is InChI=1S/C17H22ClFN2/c1-5-15-17(12(4)18)16(6-2)21(20-15)10-13-7-8-14(19)9-11(13)3/h7-9,12H,5-6,10H2,1-4H3. The molecule has 0 amide bonds. The molecule has 4 heteroatoms. The maximum Gasteiger partial charge on any atom is 0.123 e. The summed E-state index contributed by atoms with van der Waals surface area (Å²) in [5, 5.41) is 4.67. The third-order valence-corrected chi connectivity index (χ3v) is 4.09. The van der Waals surface area contributed by atoms with E-state index in [0.29, 0.717) is 6.54 Å². The summed E-state index contributed by atoms with van der Waals surface area (Å²) < 4.78 is 15.2. The first-order chi connectivity index (χ1) is 9.97. The minimum absolute atomic E-state index is 0.0436. The van der Waals surface area contributed by atoms with Crippen LogP contribution >= 0.6 is 11.6 Å². The lowest BCUT2D eigenvalue weighted by molar-refractivity contribution is 0.616. The van der Waals surface area contributed by atoms with Gasteiger partial charge >= 0.3 is 0 Å². The fraction of sp³-hybridized carbons (Fsp3) is 0.471. The van der Waals surface area contributed by atoms with Crippen LogP contribution in [0.15, 0.2) is 18.2 Å². The third kappa shape index (κ3) is 3.29. The first-order valence-electron chi connectivity index (χ1n) is 7.45. The van der Waals surface area contributed by atoms with Crippen LogP contribution in [0.5, 0.6) is 0 Å². The van der Waals surface area contributed by atoms with Gasteiger partial charge in [0.2, 0.25) is 0 Å². The number of halogens is 2. The van der Waals surface area contributed by atoms with Gasteiger partial charge in [0, 0.05) is 11.3 Å². The number of aryl methyl sites for hydroxylation is 2. The summed E-state index contributed by atoms with van der Waals surface area (Å²) in [5.74, 6) is -0.197. The van der Waals surface area contributed by atoms with Crippen LogP contribution in [0, 0.1) is 12.7 Å². The highest BCUT2D eigenvalue weighted by Crippen LogP contribution is 2.28. The van der Waals surface area contributed by atoms with Crippen LogP contribution in [-0.4, -0.2) is 9.78 Å². The lowest BCUT2D eigenvalue weighted by atomic mass is 10.1. The van der Waals surface area contributed by atoms with Crippen LogP contribution in [0.2, 0.25) is 0 Å². The van der Waals surface area contributed by atoms with Gasteiger partial charge in [-0.1, -0.05) is 19.9 Å². The number of alkyl halides is 1. The topological polar surface area (TPSA) is 17.8 Å². The molecule has 0 fully saturated rings. The van der Waals surface area contributed by atoms with Crippen molar-refractivity contribution in [1.82, 2.24) is 9.78 Å². The normalized spacial score (nSPS) is 12.7. The molecule has 21 heavy (non-hydrogen) atoms. The Hall–Kier alpha value is -1.35. The number of rotatable bonds is 5. The van der Waals surface area contributed by atoms with E-state index < -0.39 is 0 Å². The number of hydrogen-bond acceptors (Lipinski definition) is 1. The molecule has 2 rings (SSSR count). The van der Waals surface area contributed by atoms with Crippen molar-refractivity contribution in [3.05, 3.63) is 52.1 Å². The Labute approximate surface area is 130 Å². The summed E-state index contributed by atoms with van der Waals surface area (Å²) in [6.45, 7) is 8.79. The molecule has 0 aliphatic heterocycles. The molecule has 1 unspecified atom stereocenters. The minimum atomic E-state index is -0.197. The molecule has 0 aliphatic rings. The lowest BCUT2D eigenvalue weighted by Crippen LogP contribution is -2.08. The van der Waals surface area contributed by atoms with Crippen LogP contribution in [-0.2, 0) is 19.4 Å². The Kier molecular flexibility index (Phi) is 5.04. The molecule has 0 bridgehead atoms. The molecule has 2 aromatic rings. The number of hydrogen-bond donors (Lipinski definition) is 0. The van der Waals surface area contributed by atoms with Crippen molar-refractivity contribution >= 4 is 11.6 Å². The molecule has 2 nitrogen and oxygen atoms in total. The molecule has 0 saturated carbocycles. The average Bonchev–Trinajstić information content (AvgIpc) is 2.79. The molecule has 1 atom stereocenters. The van der Waals surface area contributed by atoms with Gasteiger partial charge in [0.25, 0.3) is 0 Å². The SMILES string of the molecule is CCc1nn(Cc2ccc(F)cc2C)c(CC)c1C(C)Cl. The van der Waals surface area contributed by atoms with E-state index in [0.717, 1.165) is 35.2 Å². The first-order valence-corrected chi connectivity index (χ1v) is 7.89. The lowest BCUT2D eigenvalue weighted by Gasteiger charge is -2.11. The summed E-state index contributed by atoms with van der Waals surface area (Å²) in [6.07, 6.45) is 1.76. The van der Waals surface area contributed by atoms with Gasteiger partial charge in [-0.25, -0.2) is 4.39 Å². The third-order valence-electron chi connectivity index (χ3n) is 3.87. The zero-order valence-electron chi connectivity index (χ0n) is 13.1. The van der Waals surface area contributed by atoms with E-state index in [1.807, 2.05) is 24.6 Å². The van der Waals surface area contributed by atoms with Crippen LogP contribution < -0.4 is 0 Å². The molecule has 0 aliphatic carbocycles. The van der Waals surface area contributed by atoms with Gasteiger partial charge in [0.15, 0.2) is 0 Å². The average molecular weight is 309 g/mol. The second-order valence-electron chi connectivity index (χ2n) is 5.36. The summed E-state index contributed by atoms with van der Waals surface area (Å²) in [7, 11) is 0. The van der Waals surface area contributed by atoms with Crippen molar-refractivity contribution in [2.24, 2.45) is 0 Å². The van der Waals surface area contributed by atoms with Crippen LogP contribution in [0.1, 0.15) is 54.2 Å². The quantitative estimate of drug-likeness (QED) is 0.725. The molecule has 0 radical (unpaired) electrons. The van der Waals surface area contributed by atoms with Crippen LogP contribution in [0.3, 0.4) is 0 Å². The van der Waals surface area contributed by atoms with Crippen molar-refractivity contribution in [2.75, 3.05) is 0 Å². The molecule has 0 N–H and O–H groups in total. The number of aromatic nitrogens is 2. The Balaban J connectivity index is 2.44. The summed E-state index contributed by atoms with van der Waals surface area (Å²) >= 11 is 6.34. The zero-order valence-corrected chi connectivity index (χ0v) is 13.8. The van der Waals surface area contributed by atoms with Crippen molar-refractivity contribution in [2.45, 2.75) is 52.5 Å².